The highest BCUT2D eigenvalue weighted by molar-refractivity contribution is 6.31. The Bertz CT molecular complexity index is 1430. The number of aryl methyl sites for hydroxylation is 1. The molecule has 3 N–H and O–H groups in total. The molecule has 37 heavy (non-hydrogen) atoms. The molecule has 3 aliphatic heterocycles. The van der Waals surface area contributed by atoms with Crippen LogP contribution in [0, 0.1) is 18.8 Å². The van der Waals surface area contributed by atoms with Gasteiger partial charge in [0.25, 0.3) is 0 Å². The van der Waals surface area contributed by atoms with Crippen LogP contribution in [-0.2, 0) is 32.8 Å². The fourth-order valence-corrected chi connectivity index (χ4v) is 6.53. The number of anilines is 1. The number of halogens is 1. The molecule has 0 saturated carbocycles. The van der Waals surface area contributed by atoms with Crippen molar-refractivity contribution < 1.29 is 19.5 Å². The van der Waals surface area contributed by atoms with Crippen molar-refractivity contribution in [1.82, 2.24) is 10.2 Å². The van der Waals surface area contributed by atoms with Gasteiger partial charge in [0.2, 0.25) is 17.7 Å². The molecule has 4 atom stereocenters. The van der Waals surface area contributed by atoms with Crippen molar-refractivity contribution in [1.29, 1.82) is 0 Å². The van der Waals surface area contributed by atoms with Crippen LogP contribution in [0.5, 0.6) is 5.75 Å². The first-order valence-electron chi connectivity index (χ1n) is 12.4. The normalized spacial score (nSPS) is 26.1. The minimum atomic E-state index is -1.40. The second-order valence-electron chi connectivity index (χ2n) is 10.1. The van der Waals surface area contributed by atoms with Gasteiger partial charge < -0.3 is 10.4 Å². The van der Waals surface area contributed by atoms with Gasteiger partial charge in [0.05, 0.1) is 11.8 Å². The van der Waals surface area contributed by atoms with Crippen molar-refractivity contribution in [2.45, 2.75) is 31.3 Å². The molecule has 7 nitrogen and oxygen atoms in total. The van der Waals surface area contributed by atoms with Gasteiger partial charge in [0.1, 0.15) is 11.3 Å². The molecule has 0 aliphatic carbocycles. The van der Waals surface area contributed by atoms with Gasteiger partial charge in [-0.3, -0.25) is 24.6 Å². The Hall–Kier alpha value is -3.68. The van der Waals surface area contributed by atoms with Gasteiger partial charge in [-0.1, -0.05) is 54.1 Å². The van der Waals surface area contributed by atoms with E-state index in [0.29, 0.717) is 29.1 Å². The largest absolute Gasteiger partial charge is 0.508 e. The number of nitrogens with one attached hydrogen (secondary N) is 2. The number of nitrogens with zero attached hydrogens (tertiary/aromatic N) is 1. The molecule has 188 valence electrons. The summed E-state index contributed by atoms with van der Waals surface area (Å²) in [6.07, 6.45) is 0.950. The van der Waals surface area contributed by atoms with Crippen LogP contribution in [0.25, 0.3) is 0 Å². The smallest absolute Gasteiger partial charge is 0.250 e. The molecule has 3 aromatic carbocycles. The van der Waals surface area contributed by atoms with Crippen LogP contribution in [0.1, 0.15) is 22.3 Å². The van der Waals surface area contributed by atoms with Gasteiger partial charge >= 0.3 is 0 Å². The predicted octanol–water partition coefficient (Wildman–Crippen LogP) is 3.56. The molecule has 2 saturated heterocycles. The molecule has 1 spiro atoms. The maximum atomic E-state index is 14.0. The summed E-state index contributed by atoms with van der Waals surface area (Å²) in [6.45, 7) is 2.11. The van der Waals surface area contributed by atoms with E-state index in [-0.39, 0.29) is 30.0 Å². The van der Waals surface area contributed by atoms with Gasteiger partial charge in [0, 0.05) is 28.9 Å². The number of rotatable bonds is 5. The average Bonchev–Trinajstić information content (AvgIpc) is 3.45. The minimum Gasteiger partial charge on any atom is -0.508 e. The van der Waals surface area contributed by atoms with Crippen molar-refractivity contribution in [2.75, 3.05) is 11.9 Å². The van der Waals surface area contributed by atoms with Crippen molar-refractivity contribution >= 4 is 35.0 Å². The lowest BCUT2D eigenvalue weighted by Crippen LogP contribution is -2.53. The van der Waals surface area contributed by atoms with Gasteiger partial charge in [-0.25, -0.2) is 0 Å². The summed E-state index contributed by atoms with van der Waals surface area (Å²) in [5.74, 6) is -2.41. The molecule has 3 heterocycles. The van der Waals surface area contributed by atoms with E-state index in [4.69, 9.17) is 11.6 Å². The zero-order valence-electron chi connectivity index (χ0n) is 20.2. The van der Waals surface area contributed by atoms with E-state index in [1.807, 2.05) is 37.3 Å². The maximum absolute atomic E-state index is 14.0. The molecular formula is C29H26ClN3O4. The SMILES string of the molecule is Cc1cc(Cl)cc2c1NC(=O)[C@]21N[C@@H](Cc2ccc(O)cc2)[C@H]2C(=O)N(CCc3ccccc3)C(=O)[C@H]21. The summed E-state index contributed by atoms with van der Waals surface area (Å²) in [5.41, 5.74) is 2.55. The number of hydrogen-bond donors (Lipinski definition) is 3. The number of phenolic OH excluding ortho intramolecular Hbond substituents is 1. The number of amides is 3. The highest BCUT2D eigenvalue weighted by atomic mass is 35.5. The summed E-state index contributed by atoms with van der Waals surface area (Å²) >= 11 is 6.42. The molecule has 0 aromatic heterocycles. The van der Waals surface area contributed by atoms with Crippen molar-refractivity contribution in [2.24, 2.45) is 11.8 Å². The highest BCUT2D eigenvalue weighted by Gasteiger charge is 2.70. The summed E-state index contributed by atoms with van der Waals surface area (Å²) in [4.78, 5) is 42.8. The van der Waals surface area contributed by atoms with E-state index in [2.05, 4.69) is 10.6 Å². The number of aromatic hydroxyl groups is 1. The third kappa shape index (κ3) is 3.64. The first-order chi connectivity index (χ1) is 17.8. The maximum Gasteiger partial charge on any atom is 0.250 e. The van der Waals surface area contributed by atoms with Gasteiger partial charge in [-0.05, 0) is 60.7 Å². The van der Waals surface area contributed by atoms with Crippen LogP contribution in [0.4, 0.5) is 5.69 Å². The average molecular weight is 516 g/mol. The molecule has 3 amide bonds. The van der Waals surface area contributed by atoms with Crippen LogP contribution in [-0.4, -0.2) is 40.3 Å². The highest BCUT2D eigenvalue weighted by Crippen LogP contribution is 2.54. The van der Waals surface area contributed by atoms with Crippen molar-refractivity contribution in [3.05, 3.63) is 94.0 Å². The number of phenols is 1. The van der Waals surface area contributed by atoms with Crippen molar-refractivity contribution in [3.63, 3.8) is 0 Å². The molecule has 8 heteroatoms. The van der Waals surface area contributed by atoms with E-state index < -0.39 is 23.4 Å². The Balaban J connectivity index is 1.42. The standard InChI is InChI=1S/C29H26ClN3O4/c1-16-13-19(30)15-21-25(16)31-28(37)29(21)24-23(22(32-29)14-18-7-9-20(34)10-8-18)26(35)33(27(24)36)12-11-17-5-3-2-4-6-17/h2-10,13,15,22-24,32,34H,11-12,14H2,1H3,(H,31,37)/t22-,23+,24-,29-/m0/s1. The molecular weight excluding hydrogens is 490 g/mol. The molecule has 0 radical (unpaired) electrons. The lowest BCUT2D eigenvalue weighted by atomic mass is 9.76. The van der Waals surface area contributed by atoms with Crippen molar-refractivity contribution in [3.8, 4) is 5.75 Å². The molecule has 0 unspecified atom stereocenters. The zero-order valence-corrected chi connectivity index (χ0v) is 21.0. The van der Waals surface area contributed by atoms with E-state index in [9.17, 15) is 19.5 Å². The van der Waals surface area contributed by atoms with Gasteiger partial charge in [-0.15, -0.1) is 0 Å². The quantitative estimate of drug-likeness (QED) is 0.451. The first kappa shape index (κ1) is 23.7. The monoisotopic (exact) mass is 515 g/mol. The Kier molecular flexibility index (Phi) is 5.58. The lowest BCUT2D eigenvalue weighted by Gasteiger charge is -2.30. The third-order valence-electron chi connectivity index (χ3n) is 7.94. The number of likely N-dealkylation sites (tertiary alicyclic amines) is 1. The molecule has 0 bridgehead atoms. The fraction of sp³-hybridized carbons (Fsp3) is 0.276. The van der Waals surface area contributed by atoms with Gasteiger partial charge in [0.15, 0.2) is 0 Å². The second-order valence-corrected chi connectivity index (χ2v) is 10.5. The molecule has 3 aromatic rings. The predicted molar refractivity (Wildman–Crippen MR) is 139 cm³/mol. The Morgan fingerprint density at radius 1 is 0.973 bits per heavy atom. The van der Waals surface area contributed by atoms with E-state index in [1.54, 1.807) is 36.4 Å². The summed E-state index contributed by atoms with van der Waals surface area (Å²) < 4.78 is 0. The summed E-state index contributed by atoms with van der Waals surface area (Å²) in [7, 11) is 0. The fourth-order valence-electron chi connectivity index (χ4n) is 6.26. The van der Waals surface area contributed by atoms with Crippen LogP contribution in [0.15, 0.2) is 66.7 Å². The molecule has 3 aliphatic rings. The topological polar surface area (TPSA) is 98.7 Å². The third-order valence-corrected chi connectivity index (χ3v) is 8.15. The van der Waals surface area contributed by atoms with Crippen LogP contribution < -0.4 is 10.6 Å². The number of imide groups is 1. The number of hydrogen-bond acceptors (Lipinski definition) is 5. The number of benzene rings is 3. The number of carbonyl (C=O) groups excluding carboxylic acids is 3. The van der Waals surface area contributed by atoms with E-state index >= 15 is 0 Å². The van der Waals surface area contributed by atoms with Gasteiger partial charge in [-0.2, -0.15) is 0 Å². The van der Waals surface area contributed by atoms with Crippen LogP contribution >= 0.6 is 11.6 Å². The Labute approximate surface area is 219 Å². The number of carbonyl (C=O) groups is 3. The van der Waals surface area contributed by atoms with Crippen LogP contribution in [0.3, 0.4) is 0 Å². The summed E-state index contributed by atoms with van der Waals surface area (Å²) in [5, 5.41) is 16.6. The Morgan fingerprint density at radius 2 is 1.70 bits per heavy atom. The van der Waals surface area contributed by atoms with Crippen LogP contribution in [0.2, 0.25) is 5.02 Å². The number of fused-ring (bicyclic) bond motifs is 4. The first-order valence-corrected chi connectivity index (χ1v) is 12.7. The molecule has 2 fully saturated rings. The summed E-state index contributed by atoms with van der Waals surface area (Å²) in [6, 6.07) is 19.5. The Morgan fingerprint density at radius 3 is 2.43 bits per heavy atom. The zero-order chi connectivity index (χ0) is 25.9. The molecule has 6 rings (SSSR count). The minimum absolute atomic E-state index is 0.144. The van der Waals surface area contributed by atoms with E-state index in [1.165, 1.54) is 4.90 Å². The lowest BCUT2D eigenvalue weighted by molar-refractivity contribution is -0.142. The second kappa shape index (κ2) is 8.71. The van der Waals surface area contributed by atoms with E-state index in [0.717, 1.165) is 16.7 Å².